The fraction of sp³-hybridized carbons (Fsp3) is 0.900. The summed E-state index contributed by atoms with van der Waals surface area (Å²) in [5.41, 5.74) is 0.0817. The molecule has 1 saturated carbocycles. The Labute approximate surface area is 79.0 Å². The maximum absolute atomic E-state index is 10.7. The van der Waals surface area contributed by atoms with Crippen LogP contribution in [-0.2, 0) is 9.53 Å². The van der Waals surface area contributed by atoms with E-state index in [2.05, 4.69) is 4.90 Å². The molecule has 1 aliphatic carbocycles. The smallest absolute Gasteiger partial charge is 0.126 e. The largest absolute Gasteiger partial charge is 0.379 e. The Morgan fingerprint density at radius 2 is 2.00 bits per heavy atom. The minimum absolute atomic E-state index is 0.0817. The Morgan fingerprint density at radius 1 is 1.31 bits per heavy atom. The van der Waals surface area contributed by atoms with Gasteiger partial charge in [0.25, 0.3) is 0 Å². The number of morpholine rings is 1. The highest BCUT2D eigenvalue weighted by molar-refractivity contribution is 5.63. The Balaban J connectivity index is 1.69. The van der Waals surface area contributed by atoms with E-state index in [-0.39, 0.29) is 5.41 Å². The third kappa shape index (κ3) is 2.29. The Kier molecular flexibility index (Phi) is 2.65. The molecule has 13 heavy (non-hydrogen) atoms. The maximum atomic E-state index is 10.7. The summed E-state index contributed by atoms with van der Waals surface area (Å²) in [5, 5.41) is 0. The molecule has 3 nitrogen and oxygen atoms in total. The first-order valence-corrected chi connectivity index (χ1v) is 5.11. The van der Waals surface area contributed by atoms with Gasteiger partial charge in [-0.2, -0.15) is 0 Å². The highest BCUT2D eigenvalue weighted by atomic mass is 16.5. The molecule has 0 amide bonds. The van der Waals surface area contributed by atoms with Gasteiger partial charge in [-0.05, 0) is 25.8 Å². The predicted octanol–water partition coefficient (Wildman–Crippen LogP) is 0.688. The summed E-state index contributed by atoms with van der Waals surface area (Å²) < 4.78 is 5.26. The zero-order chi connectivity index (χ0) is 9.15. The fourth-order valence-electron chi connectivity index (χ4n) is 1.79. The first-order valence-electron chi connectivity index (χ1n) is 5.11. The molecular weight excluding hydrogens is 166 g/mol. The van der Waals surface area contributed by atoms with E-state index < -0.39 is 0 Å². The molecule has 2 aliphatic rings. The minimum atomic E-state index is 0.0817. The topological polar surface area (TPSA) is 29.5 Å². The van der Waals surface area contributed by atoms with Gasteiger partial charge in [0, 0.05) is 18.5 Å². The van der Waals surface area contributed by atoms with Crippen molar-refractivity contribution in [2.45, 2.75) is 19.3 Å². The molecule has 2 rings (SSSR count). The standard InChI is InChI=1S/C10H17NO2/c12-9-10(1-2-10)3-4-11-5-7-13-8-6-11/h9H,1-8H2. The van der Waals surface area contributed by atoms with Crippen LogP contribution in [-0.4, -0.2) is 44.0 Å². The van der Waals surface area contributed by atoms with Crippen LogP contribution in [0.2, 0.25) is 0 Å². The summed E-state index contributed by atoms with van der Waals surface area (Å²) in [5.74, 6) is 0. The van der Waals surface area contributed by atoms with Gasteiger partial charge in [-0.1, -0.05) is 0 Å². The average molecular weight is 183 g/mol. The summed E-state index contributed by atoms with van der Waals surface area (Å²) >= 11 is 0. The van der Waals surface area contributed by atoms with Crippen molar-refractivity contribution >= 4 is 6.29 Å². The number of carbonyl (C=O) groups excluding carboxylic acids is 1. The maximum Gasteiger partial charge on any atom is 0.126 e. The molecule has 0 N–H and O–H groups in total. The van der Waals surface area contributed by atoms with Gasteiger partial charge in [0.1, 0.15) is 6.29 Å². The molecule has 74 valence electrons. The lowest BCUT2D eigenvalue weighted by Crippen LogP contribution is -2.37. The minimum Gasteiger partial charge on any atom is -0.379 e. The van der Waals surface area contributed by atoms with Gasteiger partial charge in [0.2, 0.25) is 0 Å². The van der Waals surface area contributed by atoms with Crippen molar-refractivity contribution in [1.29, 1.82) is 0 Å². The number of hydrogen-bond donors (Lipinski definition) is 0. The van der Waals surface area contributed by atoms with Crippen molar-refractivity contribution in [2.75, 3.05) is 32.8 Å². The summed E-state index contributed by atoms with van der Waals surface area (Å²) in [7, 11) is 0. The number of rotatable bonds is 4. The van der Waals surface area contributed by atoms with Crippen LogP contribution >= 0.6 is 0 Å². The molecule has 0 atom stereocenters. The van der Waals surface area contributed by atoms with Crippen LogP contribution in [0, 0.1) is 5.41 Å². The first-order chi connectivity index (χ1) is 6.35. The Morgan fingerprint density at radius 3 is 2.54 bits per heavy atom. The molecule has 3 heteroatoms. The molecule has 0 aromatic carbocycles. The highest BCUT2D eigenvalue weighted by Crippen LogP contribution is 2.46. The second-order valence-corrected chi connectivity index (χ2v) is 4.18. The molecule has 1 saturated heterocycles. The van der Waals surface area contributed by atoms with Crippen molar-refractivity contribution in [3.63, 3.8) is 0 Å². The van der Waals surface area contributed by atoms with E-state index in [1.165, 1.54) is 0 Å². The molecular formula is C10H17NO2. The van der Waals surface area contributed by atoms with E-state index in [0.717, 1.165) is 58.4 Å². The lowest BCUT2D eigenvalue weighted by molar-refractivity contribution is -0.112. The predicted molar refractivity (Wildman–Crippen MR) is 49.6 cm³/mol. The zero-order valence-electron chi connectivity index (χ0n) is 8.00. The second-order valence-electron chi connectivity index (χ2n) is 4.18. The van der Waals surface area contributed by atoms with Crippen LogP contribution < -0.4 is 0 Å². The van der Waals surface area contributed by atoms with Crippen molar-refractivity contribution in [3.8, 4) is 0 Å². The molecule has 0 unspecified atom stereocenters. The van der Waals surface area contributed by atoms with Gasteiger partial charge in [0.15, 0.2) is 0 Å². The average Bonchev–Trinajstić information content (AvgIpc) is 2.97. The lowest BCUT2D eigenvalue weighted by atomic mass is 10.0. The van der Waals surface area contributed by atoms with E-state index in [1.54, 1.807) is 0 Å². The van der Waals surface area contributed by atoms with Crippen molar-refractivity contribution < 1.29 is 9.53 Å². The van der Waals surface area contributed by atoms with Gasteiger partial charge in [-0.25, -0.2) is 0 Å². The van der Waals surface area contributed by atoms with Crippen molar-refractivity contribution in [3.05, 3.63) is 0 Å². The summed E-state index contributed by atoms with van der Waals surface area (Å²) in [4.78, 5) is 13.1. The quantitative estimate of drug-likeness (QED) is 0.600. The molecule has 0 aromatic rings. The van der Waals surface area contributed by atoms with Gasteiger partial charge in [0.05, 0.1) is 13.2 Å². The number of carbonyl (C=O) groups is 1. The van der Waals surface area contributed by atoms with Gasteiger partial charge < -0.3 is 9.53 Å². The number of hydrogen-bond acceptors (Lipinski definition) is 3. The van der Waals surface area contributed by atoms with Crippen molar-refractivity contribution in [2.24, 2.45) is 5.41 Å². The van der Waals surface area contributed by atoms with Gasteiger partial charge in [-0.15, -0.1) is 0 Å². The van der Waals surface area contributed by atoms with Crippen LogP contribution in [0.4, 0.5) is 0 Å². The first kappa shape index (κ1) is 9.16. The molecule has 0 aromatic heterocycles. The van der Waals surface area contributed by atoms with Crippen LogP contribution in [0.1, 0.15) is 19.3 Å². The van der Waals surface area contributed by atoms with Crippen LogP contribution in [0.5, 0.6) is 0 Å². The van der Waals surface area contributed by atoms with Crippen molar-refractivity contribution in [1.82, 2.24) is 4.90 Å². The van der Waals surface area contributed by atoms with E-state index >= 15 is 0 Å². The number of aldehydes is 1. The molecule has 1 aliphatic heterocycles. The third-order valence-corrected chi connectivity index (χ3v) is 3.17. The van der Waals surface area contributed by atoms with Crippen LogP contribution in [0.15, 0.2) is 0 Å². The lowest BCUT2D eigenvalue weighted by Gasteiger charge is -2.27. The monoisotopic (exact) mass is 183 g/mol. The molecule has 0 radical (unpaired) electrons. The highest BCUT2D eigenvalue weighted by Gasteiger charge is 2.42. The Hall–Kier alpha value is -0.410. The summed E-state index contributed by atoms with van der Waals surface area (Å²) in [6.45, 7) is 4.86. The van der Waals surface area contributed by atoms with Crippen LogP contribution in [0.25, 0.3) is 0 Å². The van der Waals surface area contributed by atoms with Gasteiger partial charge >= 0.3 is 0 Å². The third-order valence-electron chi connectivity index (χ3n) is 3.17. The SMILES string of the molecule is O=CC1(CCN2CCOCC2)CC1. The van der Waals surface area contributed by atoms with E-state index in [0.29, 0.717) is 0 Å². The van der Waals surface area contributed by atoms with E-state index in [9.17, 15) is 4.79 Å². The zero-order valence-corrected chi connectivity index (χ0v) is 8.00. The molecule has 0 spiro atoms. The number of nitrogens with zero attached hydrogens (tertiary/aromatic N) is 1. The number of ether oxygens (including phenoxy) is 1. The summed E-state index contributed by atoms with van der Waals surface area (Å²) in [6.07, 6.45) is 4.44. The fourth-order valence-corrected chi connectivity index (χ4v) is 1.79. The normalized spacial score (nSPS) is 27.1. The molecule has 1 heterocycles. The Bertz CT molecular complexity index is 183. The van der Waals surface area contributed by atoms with Gasteiger partial charge in [-0.3, -0.25) is 4.90 Å². The van der Waals surface area contributed by atoms with Crippen LogP contribution in [0.3, 0.4) is 0 Å². The second kappa shape index (κ2) is 3.76. The van der Waals surface area contributed by atoms with E-state index in [1.807, 2.05) is 0 Å². The van der Waals surface area contributed by atoms with E-state index in [4.69, 9.17) is 4.74 Å². The molecule has 2 fully saturated rings. The summed E-state index contributed by atoms with van der Waals surface area (Å²) in [6, 6.07) is 0. The molecule has 0 bridgehead atoms.